The van der Waals surface area contributed by atoms with E-state index in [4.69, 9.17) is 5.10 Å². The number of aromatic nitrogens is 4. The number of carbonyl (C=O) groups is 2. The van der Waals surface area contributed by atoms with Gasteiger partial charge in [-0.1, -0.05) is 20.8 Å². The first-order valence-electron chi connectivity index (χ1n) is 12.9. The molecule has 1 unspecified atom stereocenters. The van der Waals surface area contributed by atoms with Crippen LogP contribution in [0.1, 0.15) is 86.3 Å². The predicted molar refractivity (Wildman–Crippen MR) is 136 cm³/mol. The molecule has 0 aliphatic heterocycles. The maximum atomic E-state index is 13.6. The van der Waals surface area contributed by atoms with E-state index in [-0.39, 0.29) is 46.6 Å². The predicted octanol–water partition coefficient (Wildman–Crippen LogP) is 3.24. The van der Waals surface area contributed by atoms with Crippen LogP contribution in [0.15, 0.2) is 12.4 Å². The smallest absolute Gasteiger partial charge is 0.227 e. The normalized spacial score (nSPS) is 27.9. The minimum Gasteiger partial charge on any atom is -0.353 e. The molecule has 2 saturated carbocycles. The van der Waals surface area contributed by atoms with Crippen LogP contribution in [0.25, 0.3) is 5.65 Å². The molecule has 2 fully saturated rings. The summed E-state index contributed by atoms with van der Waals surface area (Å²) in [6.45, 7) is 14.4. The first kappa shape index (κ1) is 25.5. The van der Waals surface area contributed by atoms with Crippen molar-refractivity contribution in [1.82, 2.24) is 30.2 Å². The number of fused-ring (bicyclic) bond motifs is 1. The molecule has 1 amide bonds. The summed E-state index contributed by atoms with van der Waals surface area (Å²) >= 11 is 0. The van der Waals surface area contributed by atoms with Gasteiger partial charge in [0, 0.05) is 41.9 Å². The summed E-state index contributed by atoms with van der Waals surface area (Å²) in [6, 6.07) is 1.98. The fraction of sp³-hybridized carbons (Fsp3) is 0.731. The van der Waals surface area contributed by atoms with Crippen LogP contribution in [0.3, 0.4) is 0 Å². The molecule has 0 bridgehead atoms. The third-order valence-electron chi connectivity index (χ3n) is 7.25. The van der Waals surface area contributed by atoms with E-state index in [0.717, 1.165) is 37.8 Å². The van der Waals surface area contributed by atoms with Crippen molar-refractivity contribution in [2.45, 2.75) is 110 Å². The Morgan fingerprint density at radius 1 is 1.06 bits per heavy atom. The number of nitrogens with one attached hydrogen (secondary N) is 3. The fourth-order valence-corrected chi connectivity index (χ4v) is 5.74. The van der Waals surface area contributed by atoms with Crippen LogP contribution in [0.4, 0.5) is 5.95 Å². The first-order chi connectivity index (χ1) is 16.3. The second kappa shape index (κ2) is 9.48. The molecule has 9 nitrogen and oxygen atoms in total. The summed E-state index contributed by atoms with van der Waals surface area (Å²) < 4.78 is 1.70. The van der Waals surface area contributed by atoms with Gasteiger partial charge in [0.15, 0.2) is 11.4 Å². The average molecular weight is 484 g/mol. The molecule has 0 aromatic carbocycles. The third kappa shape index (κ3) is 5.82. The van der Waals surface area contributed by atoms with Crippen LogP contribution in [-0.2, 0) is 15.0 Å². The van der Waals surface area contributed by atoms with Crippen LogP contribution in [0.5, 0.6) is 0 Å². The van der Waals surface area contributed by atoms with Gasteiger partial charge in [-0.2, -0.15) is 9.61 Å². The summed E-state index contributed by atoms with van der Waals surface area (Å²) in [5.74, 6) is 0.802. The zero-order valence-corrected chi connectivity index (χ0v) is 22.2. The molecule has 2 aromatic heterocycles. The van der Waals surface area contributed by atoms with Crippen molar-refractivity contribution in [3.63, 3.8) is 0 Å². The van der Waals surface area contributed by atoms with E-state index in [2.05, 4.69) is 67.5 Å². The number of anilines is 1. The Kier molecular flexibility index (Phi) is 6.92. The van der Waals surface area contributed by atoms with E-state index in [1.165, 1.54) is 6.33 Å². The van der Waals surface area contributed by atoms with Gasteiger partial charge in [-0.15, -0.1) is 0 Å². The first-order valence-corrected chi connectivity index (χ1v) is 12.9. The molecule has 2 aromatic rings. The lowest BCUT2D eigenvalue weighted by molar-refractivity contribution is -0.125. The molecule has 0 spiro atoms. The number of Topliss-reactive ketones (excluding diaryl/α,β-unsaturated/α-hetero) is 1. The quantitative estimate of drug-likeness (QED) is 0.598. The Balaban J connectivity index is 1.49. The highest BCUT2D eigenvalue weighted by Crippen LogP contribution is 2.39. The molecule has 9 heteroatoms. The SMILES string of the molecule is CC(=O)N[C@@H]1C[C@H](NC(C)(C)C)CC[C@@H]1C1CC[C@H](Nc2ncnc3cc(C(C)(C)C)nn23)C1=O. The van der Waals surface area contributed by atoms with Gasteiger partial charge in [0.1, 0.15) is 6.33 Å². The van der Waals surface area contributed by atoms with Crippen molar-refractivity contribution in [3.8, 4) is 0 Å². The molecule has 0 saturated heterocycles. The minimum atomic E-state index is -0.316. The Morgan fingerprint density at radius 3 is 2.46 bits per heavy atom. The van der Waals surface area contributed by atoms with Crippen LogP contribution in [-0.4, -0.2) is 54.9 Å². The van der Waals surface area contributed by atoms with Crippen molar-refractivity contribution < 1.29 is 9.59 Å². The monoisotopic (exact) mass is 483 g/mol. The van der Waals surface area contributed by atoms with E-state index in [9.17, 15) is 9.59 Å². The van der Waals surface area contributed by atoms with E-state index >= 15 is 0 Å². The van der Waals surface area contributed by atoms with Crippen LogP contribution in [0, 0.1) is 11.8 Å². The zero-order valence-electron chi connectivity index (χ0n) is 22.2. The van der Waals surface area contributed by atoms with E-state index in [1.54, 1.807) is 11.4 Å². The van der Waals surface area contributed by atoms with Crippen LogP contribution >= 0.6 is 0 Å². The fourth-order valence-electron chi connectivity index (χ4n) is 5.74. The van der Waals surface area contributed by atoms with Gasteiger partial charge >= 0.3 is 0 Å². The average Bonchev–Trinajstić information content (AvgIpc) is 3.32. The van der Waals surface area contributed by atoms with Gasteiger partial charge in [-0.3, -0.25) is 9.59 Å². The number of carbonyl (C=O) groups excluding carboxylic acids is 2. The van der Waals surface area contributed by atoms with Crippen molar-refractivity contribution in [1.29, 1.82) is 0 Å². The van der Waals surface area contributed by atoms with Gasteiger partial charge in [-0.25, -0.2) is 9.97 Å². The Bertz CT molecular complexity index is 1080. The molecular formula is C26H41N7O2. The van der Waals surface area contributed by atoms with Crippen molar-refractivity contribution in [2.75, 3.05) is 5.32 Å². The maximum absolute atomic E-state index is 13.6. The number of hydrogen-bond acceptors (Lipinski definition) is 7. The summed E-state index contributed by atoms with van der Waals surface area (Å²) in [5, 5.41) is 14.9. The second-order valence-electron chi connectivity index (χ2n) is 12.4. The van der Waals surface area contributed by atoms with Gasteiger partial charge in [0.2, 0.25) is 11.9 Å². The molecule has 2 aliphatic rings. The van der Waals surface area contributed by atoms with Gasteiger partial charge in [0.25, 0.3) is 0 Å². The van der Waals surface area contributed by atoms with Crippen LogP contribution < -0.4 is 16.0 Å². The summed E-state index contributed by atoms with van der Waals surface area (Å²) in [5.41, 5.74) is 1.54. The molecular weight excluding hydrogens is 442 g/mol. The highest BCUT2D eigenvalue weighted by Gasteiger charge is 2.45. The number of rotatable bonds is 5. The number of ketones is 1. The largest absolute Gasteiger partial charge is 0.353 e. The Labute approximate surface area is 208 Å². The topological polar surface area (TPSA) is 113 Å². The molecule has 192 valence electrons. The van der Waals surface area contributed by atoms with E-state index in [0.29, 0.717) is 17.6 Å². The Morgan fingerprint density at radius 2 is 1.80 bits per heavy atom. The lowest BCUT2D eigenvalue weighted by atomic mass is 9.73. The standard InChI is InChI=1S/C26H41N7O2/c1-15(34)29-20-12-16(31-26(5,6)7)8-9-17(20)18-10-11-19(23(18)35)30-24-28-14-27-22-13-21(25(2,3)4)32-33(22)24/h13-14,16-20,31H,8-12H2,1-7H3,(H,29,34)(H,27,28,30)/t16-,17-,18?,19+,20-/m1/s1. The van der Waals surface area contributed by atoms with E-state index < -0.39 is 0 Å². The Hall–Kier alpha value is -2.55. The number of amides is 1. The molecule has 2 aliphatic carbocycles. The lowest BCUT2D eigenvalue weighted by Crippen LogP contribution is -2.54. The lowest BCUT2D eigenvalue weighted by Gasteiger charge is -2.41. The van der Waals surface area contributed by atoms with Crippen molar-refractivity contribution in [3.05, 3.63) is 18.1 Å². The highest BCUT2D eigenvalue weighted by molar-refractivity contribution is 5.91. The second-order valence-corrected chi connectivity index (χ2v) is 12.4. The third-order valence-corrected chi connectivity index (χ3v) is 7.25. The molecule has 3 N–H and O–H groups in total. The van der Waals surface area contributed by atoms with Crippen LogP contribution in [0.2, 0.25) is 0 Å². The summed E-state index contributed by atoms with van der Waals surface area (Å²) in [4.78, 5) is 34.3. The van der Waals surface area contributed by atoms with Gasteiger partial charge in [0.05, 0.1) is 11.7 Å². The van der Waals surface area contributed by atoms with Crippen molar-refractivity contribution in [2.24, 2.45) is 11.8 Å². The number of nitrogens with zero attached hydrogens (tertiary/aromatic N) is 4. The highest BCUT2D eigenvalue weighted by atomic mass is 16.1. The molecule has 5 atom stereocenters. The molecule has 35 heavy (non-hydrogen) atoms. The number of hydrogen-bond donors (Lipinski definition) is 3. The van der Waals surface area contributed by atoms with E-state index in [1.807, 2.05) is 6.07 Å². The minimum absolute atomic E-state index is 0.0000151. The molecule has 2 heterocycles. The van der Waals surface area contributed by atoms with Gasteiger partial charge in [-0.05, 0) is 58.8 Å². The summed E-state index contributed by atoms with van der Waals surface area (Å²) in [7, 11) is 0. The zero-order chi connectivity index (χ0) is 25.5. The van der Waals surface area contributed by atoms with Crippen molar-refractivity contribution >= 4 is 23.3 Å². The maximum Gasteiger partial charge on any atom is 0.227 e. The molecule has 0 radical (unpaired) electrons. The molecule has 4 rings (SSSR count). The summed E-state index contributed by atoms with van der Waals surface area (Å²) in [6.07, 6.45) is 5.85. The van der Waals surface area contributed by atoms with Gasteiger partial charge < -0.3 is 16.0 Å².